The number of hydrogen-bond acceptors (Lipinski definition) is 3. The Morgan fingerprint density at radius 1 is 1.38 bits per heavy atom. The van der Waals surface area contributed by atoms with Crippen LogP contribution >= 0.6 is 0 Å². The molecular formula is C17H26N2O2. The molecule has 1 aromatic rings. The number of rotatable bonds is 6. The maximum atomic E-state index is 12.5. The lowest BCUT2D eigenvalue weighted by molar-refractivity contribution is -0.123. The SMILES string of the molecule is CCC(CC)(CN)CNC(=O)C1CCOc2ccccc21. The molecule has 0 bridgehead atoms. The molecule has 1 atom stereocenters. The number of fused-ring (bicyclic) bond motifs is 1. The Labute approximate surface area is 127 Å². The maximum absolute atomic E-state index is 12.5. The molecule has 2 rings (SSSR count). The van der Waals surface area contributed by atoms with Gasteiger partial charge in [-0.15, -0.1) is 0 Å². The van der Waals surface area contributed by atoms with Crippen molar-refractivity contribution in [3.63, 3.8) is 0 Å². The molecule has 3 N–H and O–H groups in total. The van der Waals surface area contributed by atoms with E-state index in [1.807, 2.05) is 24.3 Å². The van der Waals surface area contributed by atoms with E-state index in [2.05, 4.69) is 19.2 Å². The third-order valence-corrected chi connectivity index (χ3v) is 4.85. The van der Waals surface area contributed by atoms with Gasteiger partial charge < -0.3 is 15.8 Å². The summed E-state index contributed by atoms with van der Waals surface area (Å²) in [5.41, 5.74) is 6.91. The van der Waals surface area contributed by atoms with Crippen molar-refractivity contribution in [3.8, 4) is 5.75 Å². The van der Waals surface area contributed by atoms with E-state index in [0.29, 0.717) is 19.7 Å². The predicted molar refractivity (Wildman–Crippen MR) is 84.4 cm³/mol. The average Bonchev–Trinajstić information content (AvgIpc) is 2.56. The summed E-state index contributed by atoms with van der Waals surface area (Å²) in [6, 6.07) is 7.80. The highest BCUT2D eigenvalue weighted by Crippen LogP contribution is 2.33. The van der Waals surface area contributed by atoms with Gasteiger partial charge in [-0.2, -0.15) is 0 Å². The maximum Gasteiger partial charge on any atom is 0.227 e. The van der Waals surface area contributed by atoms with Crippen molar-refractivity contribution < 1.29 is 9.53 Å². The highest BCUT2D eigenvalue weighted by Gasteiger charge is 2.30. The van der Waals surface area contributed by atoms with E-state index >= 15 is 0 Å². The predicted octanol–water partition coefficient (Wildman–Crippen LogP) is 2.43. The Kier molecular flexibility index (Phi) is 5.23. The van der Waals surface area contributed by atoms with Crippen molar-refractivity contribution in [2.75, 3.05) is 19.7 Å². The van der Waals surface area contributed by atoms with Crippen molar-refractivity contribution in [2.24, 2.45) is 11.1 Å². The van der Waals surface area contributed by atoms with Gasteiger partial charge in [-0.05, 0) is 37.3 Å². The van der Waals surface area contributed by atoms with Crippen molar-refractivity contribution in [2.45, 2.75) is 39.0 Å². The molecular weight excluding hydrogens is 264 g/mol. The van der Waals surface area contributed by atoms with E-state index < -0.39 is 0 Å². The number of para-hydroxylation sites is 1. The van der Waals surface area contributed by atoms with E-state index in [-0.39, 0.29) is 17.2 Å². The first-order chi connectivity index (χ1) is 10.2. The first-order valence-corrected chi connectivity index (χ1v) is 7.85. The zero-order valence-corrected chi connectivity index (χ0v) is 13.0. The van der Waals surface area contributed by atoms with Crippen molar-refractivity contribution in [3.05, 3.63) is 29.8 Å². The minimum absolute atomic E-state index is 0.0142. The van der Waals surface area contributed by atoms with Gasteiger partial charge in [-0.25, -0.2) is 0 Å². The summed E-state index contributed by atoms with van der Waals surface area (Å²) in [6.45, 7) is 6.11. The Morgan fingerprint density at radius 2 is 2.10 bits per heavy atom. The lowest BCUT2D eigenvalue weighted by atomic mass is 9.82. The van der Waals surface area contributed by atoms with Crippen molar-refractivity contribution in [1.82, 2.24) is 5.32 Å². The lowest BCUT2D eigenvalue weighted by Gasteiger charge is -2.32. The van der Waals surface area contributed by atoms with Crippen molar-refractivity contribution >= 4 is 5.91 Å². The highest BCUT2D eigenvalue weighted by molar-refractivity contribution is 5.84. The zero-order chi connectivity index (χ0) is 15.3. The summed E-state index contributed by atoms with van der Waals surface area (Å²) in [7, 11) is 0. The molecule has 1 aromatic carbocycles. The van der Waals surface area contributed by atoms with Crippen LogP contribution in [0.4, 0.5) is 0 Å². The van der Waals surface area contributed by atoms with Crippen LogP contribution in [0.5, 0.6) is 5.75 Å². The van der Waals surface area contributed by atoms with Crippen LogP contribution in [0.2, 0.25) is 0 Å². The lowest BCUT2D eigenvalue weighted by Crippen LogP contribution is -2.43. The Bertz CT molecular complexity index is 475. The van der Waals surface area contributed by atoms with E-state index in [4.69, 9.17) is 10.5 Å². The van der Waals surface area contributed by atoms with Gasteiger partial charge in [0, 0.05) is 12.1 Å². The molecule has 1 aliphatic heterocycles. The van der Waals surface area contributed by atoms with E-state index in [1.54, 1.807) is 0 Å². The Hall–Kier alpha value is -1.55. The molecule has 1 aliphatic rings. The molecule has 0 spiro atoms. The van der Waals surface area contributed by atoms with Gasteiger partial charge in [-0.3, -0.25) is 4.79 Å². The van der Waals surface area contributed by atoms with Crippen LogP contribution in [0.15, 0.2) is 24.3 Å². The Balaban J connectivity index is 2.05. The zero-order valence-electron chi connectivity index (χ0n) is 13.0. The summed E-state index contributed by atoms with van der Waals surface area (Å²) < 4.78 is 5.61. The van der Waals surface area contributed by atoms with Crippen LogP contribution in [0.1, 0.15) is 44.6 Å². The molecule has 0 fully saturated rings. The molecule has 0 aliphatic carbocycles. The molecule has 4 nitrogen and oxygen atoms in total. The number of nitrogens with two attached hydrogens (primary N) is 1. The highest BCUT2D eigenvalue weighted by atomic mass is 16.5. The standard InChI is InChI=1S/C17H26N2O2/c1-3-17(4-2,11-18)12-19-16(20)14-9-10-21-15-8-6-5-7-13(14)15/h5-8,14H,3-4,9-12,18H2,1-2H3,(H,19,20). The van der Waals surface area contributed by atoms with Gasteiger partial charge in [0.15, 0.2) is 0 Å². The van der Waals surface area contributed by atoms with Crippen LogP contribution < -0.4 is 15.8 Å². The third kappa shape index (κ3) is 3.38. The smallest absolute Gasteiger partial charge is 0.227 e. The molecule has 116 valence electrons. The quantitative estimate of drug-likeness (QED) is 0.845. The molecule has 0 aromatic heterocycles. The number of hydrogen-bond donors (Lipinski definition) is 2. The van der Waals surface area contributed by atoms with Gasteiger partial charge >= 0.3 is 0 Å². The van der Waals surface area contributed by atoms with Gasteiger partial charge in [0.05, 0.1) is 12.5 Å². The fraction of sp³-hybridized carbons (Fsp3) is 0.588. The third-order valence-electron chi connectivity index (χ3n) is 4.85. The largest absolute Gasteiger partial charge is 0.493 e. The van der Waals surface area contributed by atoms with Crippen LogP contribution in [0, 0.1) is 5.41 Å². The summed E-state index contributed by atoms with van der Waals surface area (Å²) in [6.07, 6.45) is 2.69. The summed E-state index contributed by atoms with van der Waals surface area (Å²) >= 11 is 0. The second-order valence-electron chi connectivity index (χ2n) is 5.86. The van der Waals surface area contributed by atoms with E-state index in [1.165, 1.54) is 0 Å². The number of amides is 1. The number of nitrogens with one attached hydrogen (secondary N) is 1. The van der Waals surface area contributed by atoms with E-state index in [0.717, 1.165) is 30.6 Å². The monoisotopic (exact) mass is 290 g/mol. The first-order valence-electron chi connectivity index (χ1n) is 7.85. The number of ether oxygens (including phenoxy) is 1. The second-order valence-corrected chi connectivity index (χ2v) is 5.86. The van der Waals surface area contributed by atoms with Crippen LogP contribution in [-0.4, -0.2) is 25.6 Å². The van der Waals surface area contributed by atoms with Crippen molar-refractivity contribution in [1.29, 1.82) is 0 Å². The summed E-state index contributed by atoms with van der Waals surface area (Å²) in [4.78, 5) is 12.5. The first kappa shape index (κ1) is 15.8. The molecule has 0 saturated carbocycles. The second kappa shape index (κ2) is 6.94. The minimum Gasteiger partial charge on any atom is -0.493 e. The van der Waals surface area contributed by atoms with E-state index in [9.17, 15) is 4.79 Å². The molecule has 0 radical (unpaired) electrons. The fourth-order valence-corrected chi connectivity index (χ4v) is 2.87. The fourth-order valence-electron chi connectivity index (χ4n) is 2.87. The van der Waals surface area contributed by atoms with Gasteiger partial charge in [0.2, 0.25) is 5.91 Å². The number of benzene rings is 1. The van der Waals surface area contributed by atoms with Crippen LogP contribution in [-0.2, 0) is 4.79 Å². The van der Waals surface area contributed by atoms with Gasteiger partial charge in [-0.1, -0.05) is 32.0 Å². The molecule has 21 heavy (non-hydrogen) atoms. The number of carbonyl (C=O) groups is 1. The van der Waals surface area contributed by atoms with Crippen LogP contribution in [0.3, 0.4) is 0 Å². The summed E-state index contributed by atoms with van der Waals surface area (Å²) in [5, 5.41) is 3.11. The van der Waals surface area contributed by atoms with Crippen LogP contribution in [0.25, 0.3) is 0 Å². The summed E-state index contributed by atoms with van der Waals surface area (Å²) in [5.74, 6) is 0.810. The molecule has 1 unspecified atom stereocenters. The molecule has 1 heterocycles. The molecule has 1 amide bonds. The van der Waals surface area contributed by atoms with Gasteiger partial charge in [0.1, 0.15) is 5.75 Å². The normalized spacial score (nSPS) is 17.8. The Morgan fingerprint density at radius 3 is 2.76 bits per heavy atom. The topological polar surface area (TPSA) is 64.3 Å². The number of carbonyl (C=O) groups excluding carboxylic acids is 1. The molecule has 0 saturated heterocycles. The average molecular weight is 290 g/mol. The minimum atomic E-state index is -0.112. The molecule has 4 heteroatoms. The van der Waals surface area contributed by atoms with Gasteiger partial charge in [0.25, 0.3) is 0 Å².